The Hall–Kier alpha value is -1.28. The molecule has 1 amide bonds. The average molecular weight is 264 g/mol. The molecule has 3 heteroatoms. The van der Waals surface area contributed by atoms with Crippen LogP contribution < -0.4 is 0 Å². The second-order valence-electron chi connectivity index (χ2n) is 4.81. The number of carbonyl (C=O) groups is 1. The molecule has 18 heavy (non-hydrogen) atoms. The largest absolute Gasteiger partial charge is 0.341 e. The first-order valence-corrected chi connectivity index (χ1v) is 6.69. The summed E-state index contributed by atoms with van der Waals surface area (Å²) in [4.78, 5) is 14.0. The van der Waals surface area contributed by atoms with Gasteiger partial charge in [-0.3, -0.25) is 4.79 Å². The fourth-order valence-corrected chi connectivity index (χ4v) is 2.53. The van der Waals surface area contributed by atoms with Gasteiger partial charge in [0.2, 0.25) is 5.91 Å². The van der Waals surface area contributed by atoms with Crippen LogP contribution in [-0.4, -0.2) is 17.9 Å². The number of hydrogen-bond acceptors (Lipinski definition) is 1. The third-order valence-corrected chi connectivity index (χ3v) is 3.54. The van der Waals surface area contributed by atoms with Crippen molar-refractivity contribution in [2.24, 2.45) is 5.92 Å². The molecule has 2 nitrogen and oxygen atoms in total. The van der Waals surface area contributed by atoms with Gasteiger partial charge in [0, 0.05) is 24.5 Å². The van der Waals surface area contributed by atoms with Gasteiger partial charge in [0.15, 0.2) is 0 Å². The Bertz CT molecular complexity index is 456. The molecule has 0 heterocycles. The van der Waals surface area contributed by atoms with Crippen molar-refractivity contribution in [3.8, 4) is 0 Å². The number of nitrogens with zero attached hydrogens (tertiary/aromatic N) is 1. The van der Waals surface area contributed by atoms with Crippen LogP contribution in [0.2, 0.25) is 5.02 Å². The first-order chi connectivity index (χ1) is 8.66. The highest BCUT2D eigenvalue weighted by Crippen LogP contribution is 2.21. The lowest BCUT2D eigenvalue weighted by molar-refractivity contribution is -0.135. The van der Waals surface area contributed by atoms with E-state index in [1.54, 1.807) is 4.90 Å². The van der Waals surface area contributed by atoms with Crippen LogP contribution in [0.15, 0.2) is 36.4 Å². The predicted octanol–water partition coefficient (Wildman–Crippen LogP) is 3.65. The minimum absolute atomic E-state index is 0.152. The lowest BCUT2D eigenvalue weighted by Gasteiger charge is -2.24. The van der Waals surface area contributed by atoms with Gasteiger partial charge >= 0.3 is 0 Å². The van der Waals surface area contributed by atoms with Crippen LogP contribution >= 0.6 is 11.6 Å². The molecule has 1 atom stereocenters. The molecule has 96 valence electrons. The van der Waals surface area contributed by atoms with Gasteiger partial charge in [-0.25, -0.2) is 0 Å². The number of amides is 1. The van der Waals surface area contributed by atoms with Crippen molar-refractivity contribution in [1.82, 2.24) is 4.90 Å². The molecule has 0 radical (unpaired) electrons. The van der Waals surface area contributed by atoms with E-state index in [0.717, 1.165) is 24.8 Å². The van der Waals surface area contributed by atoms with E-state index in [0.29, 0.717) is 11.6 Å². The maximum Gasteiger partial charge on any atom is 0.226 e. The lowest BCUT2D eigenvalue weighted by Crippen LogP contribution is -2.32. The van der Waals surface area contributed by atoms with Crippen LogP contribution in [0.4, 0.5) is 0 Å². The molecule has 1 aliphatic rings. The standard InChI is InChI=1S/C15H18ClNO/c1-17(11-12-6-5-9-14(16)10-12)15(18)13-7-3-2-4-8-13/h2-3,5-6,9-10,13H,4,7-8,11H2,1H3. The number of halogens is 1. The van der Waals surface area contributed by atoms with E-state index in [1.807, 2.05) is 31.3 Å². The third-order valence-electron chi connectivity index (χ3n) is 3.30. The van der Waals surface area contributed by atoms with Crippen molar-refractivity contribution in [2.45, 2.75) is 25.8 Å². The van der Waals surface area contributed by atoms with Gasteiger partial charge in [0.1, 0.15) is 0 Å². The Morgan fingerprint density at radius 2 is 2.28 bits per heavy atom. The maximum atomic E-state index is 12.2. The quantitative estimate of drug-likeness (QED) is 0.763. The second kappa shape index (κ2) is 6.05. The monoisotopic (exact) mass is 263 g/mol. The number of benzene rings is 1. The van der Waals surface area contributed by atoms with Crippen LogP contribution in [0.1, 0.15) is 24.8 Å². The molecule has 2 rings (SSSR count). The summed E-state index contributed by atoms with van der Waals surface area (Å²) in [7, 11) is 1.86. The Balaban J connectivity index is 1.96. The molecule has 1 aromatic rings. The minimum Gasteiger partial charge on any atom is -0.341 e. The zero-order chi connectivity index (χ0) is 13.0. The van der Waals surface area contributed by atoms with Crippen LogP contribution in [0.5, 0.6) is 0 Å². The zero-order valence-corrected chi connectivity index (χ0v) is 11.4. The fourth-order valence-electron chi connectivity index (χ4n) is 2.32. The molecule has 0 spiro atoms. The number of allylic oxidation sites excluding steroid dienone is 2. The molecular weight excluding hydrogens is 246 g/mol. The summed E-state index contributed by atoms with van der Waals surface area (Å²) in [5.41, 5.74) is 1.07. The van der Waals surface area contributed by atoms with Gasteiger partial charge in [-0.2, -0.15) is 0 Å². The van der Waals surface area contributed by atoms with Crippen molar-refractivity contribution in [1.29, 1.82) is 0 Å². The zero-order valence-electron chi connectivity index (χ0n) is 10.6. The highest BCUT2D eigenvalue weighted by Gasteiger charge is 2.21. The van der Waals surface area contributed by atoms with E-state index in [2.05, 4.69) is 12.2 Å². The van der Waals surface area contributed by atoms with Crippen molar-refractivity contribution in [3.05, 3.63) is 47.0 Å². The Morgan fingerprint density at radius 1 is 1.44 bits per heavy atom. The minimum atomic E-state index is 0.152. The number of hydrogen-bond donors (Lipinski definition) is 0. The van der Waals surface area contributed by atoms with Crippen molar-refractivity contribution >= 4 is 17.5 Å². The average Bonchev–Trinajstić information content (AvgIpc) is 2.39. The first kappa shape index (κ1) is 13.2. The van der Waals surface area contributed by atoms with Gasteiger partial charge in [0.25, 0.3) is 0 Å². The summed E-state index contributed by atoms with van der Waals surface area (Å²) in [5, 5.41) is 0.717. The molecule has 0 fully saturated rings. The second-order valence-corrected chi connectivity index (χ2v) is 5.24. The molecule has 0 N–H and O–H groups in total. The van der Waals surface area contributed by atoms with E-state index in [-0.39, 0.29) is 11.8 Å². The first-order valence-electron chi connectivity index (χ1n) is 6.31. The number of carbonyl (C=O) groups excluding carboxylic acids is 1. The summed E-state index contributed by atoms with van der Waals surface area (Å²) < 4.78 is 0. The van der Waals surface area contributed by atoms with E-state index in [4.69, 9.17) is 11.6 Å². The summed E-state index contributed by atoms with van der Waals surface area (Å²) >= 11 is 5.94. The van der Waals surface area contributed by atoms with E-state index in [1.165, 1.54) is 0 Å². The highest BCUT2D eigenvalue weighted by molar-refractivity contribution is 6.30. The molecule has 1 aliphatic carbocycles. The molecule has 1 unspecified atom stereocenters. The third kappa shape index (κ3) is 3.36. The molecule has 0 aliphatic heterocycles. The van der Waals surface area contributed by atoms with Crippen molar-refractivity contribution < 1.29 is 4.79 Å². The molecule has 0 aromatic heterocycles. The maximum absolute atomic E-state index is 12.2. The smallest absolute Gasteiger partial charge is 0.226 e. The molecule has 0 saturated heterocycles. The molecular formula is C15H18ClNO. The molecule has 0 bridgehead atoms. The van der Waals surface area contributed by atoms with Crippen LogP contribution in [-0.2, 0) is 11.3 Å². The Morgan fingerprint density at radius 3 is 2.94 bits per heavy atom. The summed E-state index contributed by atoms with van der Waals surface area (Å²) in [6.07, 6.45) is 7.12. The van der Waals surface area contributed by atoms with E-state index in [9.17, 15) is 4.79 Å². The summed E-state index contributed by atoms with van der Waals surface area (Å²) in [6.45, 7) is 0.625. The van der Waals surface area contributed by atoms with Crippen LogP contribution in [0, 0.1) is 5.92 Å². The van der Waals surface area contributed by atoms with E-state index < -0.39 is 0 Å². The van der Waals surface area contributed by atoms with Crippen LogP contribution in [0.25, 0.3) is 0 Å². The lowest BCUT2D eigenvalue weighted by atomic mass is 9.93. The Kier molecular flexibility index (Phi) is 4.43. The predicted molar refractivity (Wildman–Crippen MR) is 74.4 cm³/mol. The van der Waals surface area contributed by atoms with Crippen LogP contribution in [0.3, 0.4) is 0 Å². The van der Waals surface area contributed by atoms with Gasteiger partial charge < -0.3 is 4.90 Å². The SMILES string of the molecule is CN(Cc1cccc(Cl)c1)C(=O)C1CC=CCC1. The fraction of sp³-hybridized carbons (Fsp3) is 0.400. The van der Waals surface area contributed by atoms with Gasteiger partial charge in [0.05, 0.1) is 0 Å². The summed E-state index contributed by atoms with van der Waals surface area (Å²) in [5.74, 6) is 0.388. The number of rotatable bonds is 3. The van der Waals surface area contributed by atoms with Crippen molar-refractivity contribution in [3.63, 3.8) is 0 Å². The molecule has 0 saturated carbocycles. The van der Waals surface area contributed by atoms with Gasteiger partial charge in [-0.1, -0.05) is 35.9 Å². The van der Waals surface area contributed by atoms with Gasteiger partial charge in [-0.05, 0) is 37.0 Å². The Labute approximate surface area is 113 Å². The van der Waals surface area contributed by atoms with Crippen molar-refractivity contribution in [2.75, 3.05) is 7.05 Å². The normalized spacial score (nSPS) is 18.7. The summed E-state index contributed by atoms with van der Waals surface area (Å²) in [6, 6.07) is 7.67. The molecule has 1 aromatic carbocycles. The topological polar surface area (TPSA) is 20.3 Å². The van der Waals surface area contributed by atoms with Gasteiger partial charge in [-0.15, -0.1) is 0 Å². The van der Waals surface area contributed by atoms with E-state index >= 15 is 0 Å². The highest BCUT2D eigenvalue weighted by atomic mass is 35.5.